The van der Waals surface area contributed by atoms with E-state index in [2.05, 4.69) is 17.6 Å². The van der Waals surface area contributed by atoms with Crippen LogP contribution in [0.25, 0.3) is 0 Å². The van der Waals surface area contributed by atoms with Gasteiger partial charge >= 0.3 is 0 Å². The van der Waals surface area contributed by atoms with Crippen molar-refractivity contribution in [3.05, 3.63) is 0 Å². The molecule has 0 aromatic heterocycles. The van der Waals surface area contributed by atoms with Crippen LogP contribution in [0.2, 0.25) is 0 Å². The monoisotopic (exact) mass is 288 g/mol. The molecule has 2 unspecified atom stereocenters. The Kier molecular flexibility index (Phi) is 4.84. The van der Waals surface area contributed by atoms with Crippen molar-refractivity contribution in [3.8, 4) is 0 Å². The van der Waals surface area contributed by atoms with Gasteiger partial charge in [0.15, 0.2) is 9.84 Å². The molecule has 1 saturated heterocycles. The van der Waals surface area contributed by atoms with Gasteiger partial charge in [-0.05, 0) is 18.8 Å². The first-order valence-electron chi connectivity index (χ1n) is 7.21. The van der Waals surface area contributed by atoms with Crippen LogP contribution >= 0.6 is 0 Å². The molecule has 0 aromatic rings. The van der Waals surface area contributed by atoms with Crippen molar-refractivity contribution in [1.82, 2.24) is 10.6 Å². The quantitative estimate of drug-likeness (QED) is 0.744. The van der Waals surface area contributed by atoms with Gasteiger partial charge in [-0.1, -0.05) is 19.8 Å². The number of sulfone groups is 1. The summed E-state index contributed by atoms with van der Waals surface area (Å²) in [6.07, 6.45) is 4.85. The number of carbonyl (C=O) groups is 1. The van der Waals surface area contributed by atoms with E-state index in [9.17, 15) is 13.2 Å². The Morgan fingerprint density at radius 1 is 1.42 bits per heavy atom. The molecular weight excluding hydrogens is 264 g/mol. The van der Waals surface area contributed by atoms with Crippen molar-refractivity contribution in [2.75, 3.05) is 18.1 Å². The number of amides is 1. The van der Waals surface area contributed by atoms with Crippen LogP contribution in [0.1, 0.15) is 39.0 Å². The topological polar surface area (TPSA) is 75.3 Å². The molecule has 0 spiro atoms. The molecule has 19 heavy (non-hydrogen) atoms. The maximum atomic E-state index is 11.9. The van der Waals surface area contributed by atoms with Crippen molar-refractivity contribution < 1.29 is 13.2 Å². The standard InChI is InChI=1S/C13H24N2O3S/c1-2-11(7-10-3-4-10)15-13(16)8-12-9-19(17,18)6-5-14-12/h10-12,14H,2-9H2,1H3,(H,15,16). The van der Waals surface area contributed by atoms with E-state index in [1.165, 1.54) is 12.8 Å². The molecule has 1 aliphatic carbocycles. The summed E-state index contributed by atoms with van der Waals surface area (Å²) in [6, 6.07) is 0.0254. The highest BCUT2D eigenvalue weighted by Crippen LogP contribution is 2.34. The third kappa shape index (κ3) is 5.10. The molecule has 5 nitrogen and oxygen atoms in total. The molecule has 2 fully saturated rings. The highest BCUT2D eigenvalue weighted by molar-refractivity contribution is 7.91. The minimum Gasteiger partial charge on any atom is -0.353 e. The van der Waals surface area contributed by atoms with Crippen LogP contribution in [0, 0.1) is 5.92 Å². The summed E-state index contributed by atoms with van der Waals surface area (Å²) >= 11 is 0. The first-order chi connectivity index (χ1) is 8.98. The molecule has 1 saturated carbocycles. The van der Waals surface area contributed by atoms with Gasteiger partial charge in [-0.15, -0.1) is 0 Å². The average Bonchev–Trinajstić information content (AvgIpc) is 3.10. The molecular formula is C13H24N2O3S. The van der Waals surface area contributed by atoms with Gasteiger partial charge in [0.05, 0.1) is 11.5 Å². The highest BCUT2D eigenvalue weighted by atomic mass is 32.2. The molecule has 0 aromatic carbocycles. The molecule has 1 aliphatic heterocycles. The van der Waals surface area contributed by atoms with Gasteiger partial charge < -0.3 is 10.6 Å². The zero-order chi connectivity index (χ0) is 13.9. The minimum atomic E-state index is -2.96. The predicted molar refractivity (Wildman–Crippen MR) is 74.6 cm³/mol. The minimum absolute atomic E-state index is 0.0258. The van der Waals surface area contributed by atoms with Gasteiger partial charge in [0.1, 0.15) is 0 Å². The largest absolute Gasteiger partial charge is 0.353 e. The van der Waals surface area contributed by atoms with Gasteiger partial charge in [0.25, 0.3) is 0 Å². The van der Waals surface area contributed by atoms with Crippen LogP contribution in [0.4, 0.5) is 0 Å². The van der Waals surface area contributed by atoms with E-state index in [4.69, 9.17) is 0 Å². The molecule has 110 valence electrons. The molecule has 1 amide bonds. The zero-order valence-corrected chi connectivity index (χ0v) is 12.3. The summed E-state index contributed by atoms with van der Waals surface area (Å²) in [5.41, 5.74) is 0. The Morgan fingerprint density at radius 3 is 2.74 bits per heavy atom. The number of carbonyl (C=O) groups excluding carboxylic acids is 1. The molecule has 6 heteroatoms. The number of nitrogens with one attached hydrogen (secondary N) is 2. The van der Waals surface area contributed by atoms with Crippen LogP contribution in [-0.2, 0) is 14.6 Å². The fourth-order valence-corrected chi connectivity index (χ4v) is 4.04. The Morgan fingerprint density at radius 2 is 2.16 bits per heavy atom. The normalized spacial score (nSPS) is 27.7. The maximum absolute atomic E-state index is 11.9. The highest BCUT2D eigenvalue weighted by Gasteiger charge is 2.28. The molecule has 2 aliphatic rings. The Balaban J connectivity index is 1.76. The second kappa shape index (κ2) is 6.22. The Labute approximate surface area is 115 Å². The summed E-state index contributed by atoms with van der Waals surface area (Å²) in [5, 5.41) is 6.15. The predicted octanol–water partition coefficient (Wildman–Crippen LogP) is 0.458. The summed E-state index contributed by atoms with van der Waals surface area (Å²) in [5.74, 6) is 1.03. The lowest BCUT2D eigenvalue weighted by atomic mass is 10.1. The van der Waals surface area contributed by atoms with Crippen LogP contribution in [0.3, 0.4) is 0 Å². The van der Waals surface area contributed by atoms with Crippen molar-refractivity contribution in [2.24, 2.45) is 5.92 Å². The number of hydrogen-bond acceptors (Lipinski definition) is 4. The zero-order valence-electron chi connectivity index (χ0n) is 11.5. The summed E-state index contributed by atoms with van der Waals surface area (Å²) in [4.78, 5) is 11.9. The fourth-order valence-electron chi connectivity index (χ4n) is 2.59. The molecule has 0 radical (unpaired) electrons. The van der Waals surface area contributed by atoms with E-state index < -0.39 is 9.84 Å². The number of hydrogen-bond donors (Lipinski definition) is 2. The van der Waals surface area contributed by atoms with Crippen molar-refractivity contribution in [2.45, 2.75) is 51.1 Å². The van der Waals surface area contributed by atoms with Gasteiger partial charge in [0.2, 0.25) is 5.91 Å². The van der Waals surface area contributed by atoms with Crippen LogP contribution < -0.4 is 10.6 Å². The van der Waals surface area contributed by atoms with Crippen molar-refractivity contribution in [3.63, 3.8) is 0 Å². The van der Waals surface area contributed by atoms with E-state index in [0.29, 0.717) is 6.54 Å². The summed E-state index contributed by atoms with van der Waals surface area (Å²) in [7, 11) is -2.96. The molecule has 2 rings (SSSR count). The first-order valence-corrected chi connectivity index (χ1v) is 9.04. The van der Waals surface area contributed by atoms with Crippen molar-refractivity contribution >= 4 is 15.7 Å². The van der Waals surface area contributed by atoms with E-state index in [1.807, 2.05) is 0 Å². The summed E-state index contributed by atoms with van der Waals surface area (Å²) in [6.45, 7) is 2.54. The smallest absolute Gasteiger partial charge is 0.221 e. The maximum Gasteiger partial charge on any atom is 0.221 e. The lowest BCUT2D eigenvalue weighted by Crippen LogP contribution is -2.48. The van der Waals surface area contributed by atoms with E-state index in [1.54, 1.807) is 0 Å². The van der Waals surface area contributed by atoms with Gasteiger partial charge in [-0.25, -0.2) is 8.42 Å². The Bertz CT molecular complexity index is 418. The third-order valence-corrected chi connectivity index (χ3v) is 5.64. The molecule has 1 heterocycles. The van der Waals surface area contributed by atoms with Gasteiger partial charge in [0, 0.05) is 25.0 Å². The van der Waals surface area contributed by atoms with E-state index in [0.717, 1.165) is 18.8 Å². The molecule has 2 N–H and O–H groups in total. The van der Waals surface area contributed by atoms with Gasteiger partial charge in [-0.3, -0.25) is 4.79 Å². The second-order valence-electron chi connectivity index (χ2n) is 5.82. The SMILES string of the molecule is CCC(CC1CC1)NC(=O)CC1CS(=O)(=O)CCN1. The van der Waals surface area contributed by atoms with Crippen LogP contribution in [0.15, 0.2) is 0 Å². The van der Waals surface area contributed by atoms with Crippen LogP contribution in [0.5, 0.6) is 0 Å². The second-order valence-corrected chi connectivity index (χ2v) is 8.05. The fraction of sp³-hybridized carbons (Fsp3) is 0.923. The lowest BCUT2D eigenvalue weighted by Gasteiger charge is -2.24. The Hall–Kier alpha value is -0.620. The summed E-state index contributed by atoms with van der Waals surface area (Å²) < 4.78 is 23.0. The average molecular weight is 288 g/mol. The van der Waals surface area contributed by atoms with Gasteiger partial charge in [-0.2, -0.15) is 0 Å². The van der Waals surface area contributed by atoms with Crippen molar-refractivity contribution in [1.29, 1.82) is 0 Å². The first kappa shape index (κ1) is 14.8. The molecule has 0 bridgehead atoms. The van der Waals surface area contributed by atoms with E-state index >= 15 is 0 Å². The third-order valence-electron chi connectivity index (χ3n) is 3.91. The molecule has 2 atom stereocenters. The van der Waals surface area contributed by atoms with E-state index in [-0.39, 0.29) is 35.9 Å². The lowest BCUT2D eigenvalue weighted by molar-refractivity contribution is -0.122. The van der Waals surface area contributed by atoms with Crippen LogP contribution in [-0.4, -0.2) is 44.5 Å². The number of rotatable bonds is 6.